The van der Waals surface area contributed by atoms with Crippen LogP contribution in [0.3, 0.4) is 0 Å². The van der Waals surface area contributed by atoms with Crippen LogP contribution in [0.2, 0.25) is 0 Å². The molecule has 0 N–H and O–H groups in total. The highest BCUT2D eigenvalue weighted by Gasteiger charge is 2.45. The topological polar surface area (TPSA) is 38.8 Å². The summed E-state index contributed by atoms with van der Waals surface area (Å²) in [5.74, 6) is 0.509. The van der Waals surface area contributed by atoms with Crippen LogP contribution < -0.4 is 0 Å². The number of nitrogens with zero attached hydrogens (tertiary/aromatic N) is 1. The largest absolute Gasteiger partial charge is 0.437 e. The average molecular weight is 380 g/mol. The lowest BCUT2D eigenvalue weighted by molar-refractivity contribution is -0.186. The summed E-state index contributed by atoms with van der Waals surface area (Å²) in [6, 6.07) is 20.0. The first-order chi connectivity index (χ1) is 13.7. The molecule has 28 heavy (non-hydrogen) atoms. The molecule has 0 radical (unpaired) electrons. The summed E-state index contributed by atoms with van der Waals surface area (Å²) in [6.07, 6.45) is 6.17. The van der Waals surface area contributed by atoms with Gasteiger partial charge in [0.25, 0.3) is 0 Å². The van der Waals surface area contributed by atoms with Gasteiger partial charge in [-0.1, -0.05) is 79.9 Å². The number of hydrogen-bond acceptors (Lipinski definition) is 3. The van der Waals surface area contributed by atoms with Gasteiger partial charge in [0, 0.05) is 0 Å². The lowest BCUT2D eigenvalue weighted by Crippen LogP contribution is -2.40. The van der Waals surface area contributed by atoms with Crippen LogP contribution in [0.15, 0.2) is 60.7 Å². The third-order valence-corrected chi connectivity index (χ3v) is 6.07. The van der Waals surface area contributed by atoms with Crippen LogP contribution in [0.1, 0.15) is 56.3 Å². The van der Waals surface area contributed by atoms with E-state index in [0.29, 0.717) is 12.3 Å². The highest BCUT2D eigenvalue weighted by molar-refractivity contribution is 5.70. The number of benzene rings is 2. The van der Waals surface area contributed by atoms with Gasteiger partial charge in [0.15, 0.2) is 6.10 Å². The minimum absolute atomic E-state index is 0.0145. The Labute approximate surface area is 167 Å². The maximum Gasteiger partial charge on any atom is 0.435 e. The van der Waals surface area contributed by atoms with E-state index >= 15 is 0 Å². The zero-order chi connectivity index (χ0) is 19.3. The molecule has 4 nitrogen and oxygen atoms in total. The third kappa shape index (κ3) is 4.22. The van der Waals surface area contributed by atoms with Crippen LogP contribution in [-0.4, -0.2) is 23.3 Å². The lowest BCUT2D eigenvalue weighted by atomic mass is 9.86. The van der Waals surface area contributed by atoms with Crippen molar-refractivity contribution in [3.63, 3.8) is 0 Å². The van der Waals surface area contributed by atoms with Crippen molar-refractivity contribution in [2.75, 3.05) is 0 Å². The molecule has 4 heteroatoms. The number of amides is 1. The monoisotopic (exact) mass is 379 g/mol. The van der Waals surface area contributed by atoms with Gasteiger partial charge in [0.2, 0.25) is 0 Å². The zero-order valence-electron chi connectivity index (χ0n) is 16.5. The van der Waals surface area contributed by atoms with Crippen LogP contribution in [0.5, 0.6) is 0 Å². The fourth-order valence-corrected chi connectivity index (χ4v) is 4.47. The molecule has 0 bridgehead atoms. The number of ether oxygens (including phenoxy) is 1. The highest BCUT2D eigenvalue weighted by atomic mass is 16.8. The van der Waals surface area contributed by atoms with Crippen molar-refractivity contribution in [1.29, 1.82) is 0 Å². The van der Waals surface area contributed by atoms with Gasteiger partial charge >= 0.3 is 6.09 Å². The van der Waals surface area contributed by atoms with E-state index in [-0.39, 0.29) is 24.3 Å². The molecule has 1 aliphatic heterocycles. The summed E-state index contributed by atoms with van der Waals surface area (Å²) in [5.41, 5.74) is 2.18. The van der Waals surface area contributed by atoms with Gasteiger partial charge in [-0.15, -0.1) is 0 Å². The third-order valence-electron chi connectivity index (χ3n) is 6.07. The van der Waals surface area contributed by atoms with Crippen molar-refractivity contribution >= 4 is 6.09 Å². The molecule has 0 spiro atoms. The van der Waals surface area contributed by atoms with E-state index in [1.807, 2.05) is 48.5 Å². The van der Waals surface area contributed by atoms with Crippen LogP contribution in [0.25, 0.3) is 0 Å². The predicted octanol–water partition coefficient (Wildman–Crippen LogP) is 5.69. The minimum Gasteiger partial charge on any atom is -0.437 e. The Morgan fingerprint density at radius 3 is 2.32 bits per heavy atom. The summed E-state index contributed by atoms with van der Waals surface area (Å²) < 4.78 is 5.80. The second-order valence-corrected chi connectivity index (χ2v) is 8.01. The Bertz CT molecular complexity index is 758. The molecule has 1 amide bonds. The van der Waals surface area contributed by atoms with E-state index in [4.69, 9.17) is 9.57 Å². The van der Waals surface area contributed by atoms with Crippen LogP contribution >= 0.6 is 0 Å². The van der Waals surface area contributed by atoms with E-state index in [1.54, 1.807) is 0 Å². The molecule has 2 aromatic rings. The molecular weight excluding hydrogens is 350 g/mol. The quantitative estimate of drug-likeness (QED) is 0.647. The second kappa shape index (κ2) is 8.78. The first kappa shape index (κ1) is 19.0. The van der Waals surface area contributed by atoms with E-state index < -0.39 is 0 Å². The molecule has 1 heterocycles. The Balaban J connectivity index is 1.56. The van der Waals surface area contributed by atoms with Gasteiger partial charge in [0.05, 0.1) is 6.10 Å². The van der Waals surface area contributed by atoms with Crippen LogP contribution in [0.4, 0.5) is 4.79 Å². The smallest absolute Gasteiger partial charge is 0.435 e. The average Bonchev–Trinajstić information content (AvgIpc) is 3.05. The van der Waals surface area contributed by atoms with Crippen molar-refractivity contribution in [1.82, 2.24) is 5.06 Å². The van der Waals surface area contributed by atoms with E-state index in [2.05, 4.69) is 19.1 Å². The molecule has 1 saturated heterocycles. The number of hydroxylamine groups is 2. The van der Waals surface area contributed by atoms with Gasteiger partial charge < -0.3 is 4.74 Å². The van der Waals surface area contributed by atoms with Crippen molar-refractivity contribution in [3.05, 3.63) is 71.8 Å². The van der Waals surface area contributed by atoms with Crippen molar-refractivity contribution in [3.8, 4) is 0 Å². The van der Waals surface area contributed by atoms with Crippen LogP contribution in [0, 0.1) is 5.92 Å². The van der Waals surface area contributed by atoms with Gasteiger partial charge in [-0.3, -0.25) is 4.84 Å². The fraction of sp³-hybridized carbons (Fsp3) is 0.458. The van der Waals surface area contributed by atoms with Gasteiger partial charge in [-0.25, -0.2) is 4.79 Å². The summed E-state index contributed by atoms with van der Waals surface area (Å²) in [5, 5.41) is 1.52. The summed E-state index contributed by atoms with van der Waals surface area (Å²) in [6.45, 7) is 2.10. The predicted molar refractivity (Wildman–Crippen MR) is 109 cm³/mol. The minimum atomic E-state index is -0.377. The number of hydrogen-bond donors (Lipinski definition) is 0. The first-order valence-corrected chi connectivity index (χ1v) is 10.5. The van der Waals surface area contributed by atoms with Gasteiger partial charge in [0.1, 0.15) is 6.04 Å². The number of rotatable bonds is 6. The van der Waals surface area contributed by atoms with Gasteiger partial charge in [-0.05, 0) is 43.2 Å². The molecule has 2 fully saturated rings. The normalized spacial score (nSPS) is 24.2. The molecule has 0 aromatic heterocycles. The molecule has 2 aromatic carbocycles. The fourth-order valence-electron chi connectivity index (χ4n) is 4.47. The molecule has 4 rings (SSSR count). The molecule has 1 saturated carbocycles. The highest BCUT2D eigenvalue weighted by Crippen LogP contribution is 2.37. The molecule has 1 aliphatic carbocycles. The number of carbonyl (C=O) groups is 1. The molecule has 3 atom stereocenters. The summed E-state index contributed by atoms with van der Waals surface area (Å²) >= 11 is 0. The second-order valence-electron chi connectivity index (χ2n) is 8.01. The zero-order valence-corrected chi connectivity index (χ0v) is 16.5. The van der Waals surface area contributed by atoms with Crippen molar-refractivity contribution < 1.29 is 14.4 Å². The first-order valence-electron chi connectivity index (χ1n) is 10.5. The molecular formula is C24H29NO3. The maximum absolute atomic E-state index is 12.8. The molecule has 148 valence electrons. The Morgan fingerprint density at radius 2 is 1.64 bits per heavy atom. The Hall–Kier alpha value is -2.33. The Kier molecular flexibility index (Phi) is 5.96. The van der Waals surface area contributed by atoms with E-state index in [1.165, 1.54) is 42.7 Å². The molecule has 3 unspecified atom stereocenters. The van der Waals surface area contributed by atoms with E-state index in [9.17, 15) is 4.79 Å². The van der Waals surface area contributed by atoms with Crippen LogP contribution in [-0.2, 0) is 16.0 Å². The van der Waals surface area contributed by atoms with Gasteiger partial charge in [-0.2, -0.15) is 5.06 Å². The molecule has 2 aliphatic rings. The summed E-state index contributed by atoms with van der Waals surface area (Å²) in [4.78, 5) is 19.0. The SMILES string of the molecule is CC(ON1C(=O)OC(c2ccccc2)C1Cc1ccccc1)C1CCCCC1. The van der Waals surface area contributed by atoms with Crippen molar-refractivity contribution in [2.45, 2.75) is 63.7 Å². The Morgan fingerprint density at radius 1 is 1.00 bits per heavy atom. The van der Waals surface area contributed by atoms with Crippen molar-refractivity contribution in [2.24, 2.45) is 5.92 Å². The number of carbonyl (C=O) groups excluding carboxylic acids is 1. The lowest BCUT2D eigenvalue weighted by Gasteiger charge is -2.32. The number of cyclic esters (lactones) is 1. The van der Waals surface area contributed by atoms with E-state index in [0.717, 1.165) is 5.56 Å². The summed E-state index contributed by atoms with van der Waals surface area (Å²) in [7, 11) is 0. The standard InChI is InChI=1S/C24H29NO3/c1-18(20-13-7-3-8-14-20)28-25-22(17-19-11-5-2-6-12-19)23(27-24(25)26)21-15-9-4-10-16-21/h2,4-6,9-12,15-16,18,20,22-23H,3,7-8,13-14,17H2,1H3. The maximum atomic E-state index is 12.8.